The number of anilines is 1. The lowest BCUT2D eigenvalue weighted by Gasteiger charge is -2.40. The summed E-state index contributed by atoms with van der Waals surface area (Å²) >= 11 is 0. The van der Waals surface area contributed by atoms with E-state index in [-0.39, 0.29) is 5.82 Å². The van der Waals surface area contributed by atoms with Gasteiger partial charge in [-0.25, -0.2) is 4.39 Å². The Morgan fingerprint density at radius 3 is 2.68 bits per heavy atom. The second kappa shape index (κ2) is 5.52. The van der Waals surface area contributed by atoms with Gasteiger partial charge in [0.1, 0.15) is 5.82 Å². The highest BCUT2D eigenvalue weighted by molar-refractivity contribution is 5.51. The minimum atomic E-state index is -0.139. The van der Waals surface area contributed by atoms with Gasteiger partial charge in [0, 0.05) is 11.7 Å². The largest absolute Gasteiger partial charge is 0.382 e. The van der Waals surface area contributed by atoms with Gasteiger partial charge in [-0.1, -0.05) is 31.7 Å². The lowest BCUT2D eigenvalue weighted by molar-refractivity contribution is 0.162. The highest BCUT2D eigenvalue weighted by atomic mass is 19.1. The molecule has 0 bridgehead atoms. The topological polar surface area (TPSA) is 12.0 Å². The smallest absolute Gasteiger partial charge is 0.125 e. The Labute approximate surface area is 115 Å². The number of aryl methyl sites for hydroxylation is 1. The molecule has 1 aromatic rings. The van der Waals surface area contributed by atoms with Crippen LogP contribution in [-0.4, -0.2) is 6.04 Å². The van der Waals surface area contributed by atoms with E-state index in [4.69, 9.17) is 0 Å². The van der Waals surface area contributed by atoms with Gasteiger partial charge in [-0.3, -0.25) is 0 Å². The molecule has 0 aromatic heterocycles. The summed E-state index contributed by atoms with van der Waals surface area (Å²) in [7, 11) is 0. The Balaban J connectivity index is 1.65. The molecule has 2 saturated carbocycles. The highest BCUT2D eigenvalue weighted by Gasteiger charge is 2.32. The molecule has 2 aliphatic rings. The molecule has 2 fully saturated rings. The van der Waals surface area contributed by atoms with Gasteiger partial charge in [0.2, 0.25) is 0 Å². The predicted octanol–water partition coefficient (Wildman–Crippen LogP) is 4.90. The Hall–Kier alpha value is -1.05. The molecule has 0 heterocycles. The van der Waals surface area contributed by atoms with E-state index in [0.717, 1.165) is 23.1 Å². The summed E-state index contributed by atoms with van der Waals surface area (Å²) < 4.78 is 13.3. The van der Waals surface area contributed by atoms with Gasteiger partial charge in [0.15, 0.2) is 0 Å². The zero-order chi connectivity index (χ0) is 13.2. The fourth-order valence-corrected chi connectivity index (χ4v) is 3.97. The average molecular weight is 261 g/mol. The van der Waals surface area contributed by atoms with Crippen molar-refractivity contribution < 1.29 is 4.39 Å². The minimum absolute atomic E-state index is 0.139. The maximum Gasteiger partial charge on any atom is 0.125 e. The van der Waals surface area contributed by atoms with E-state index in [9.17, 15) is 4.39 Å². The fraction of sp³-hybridized carbons (Fsp3) is 0.647. The van der Waals surface area contributed by atoms with Gasteiger partial charge in [-0.05, 0) is 55.7 Å². The summed E-state index contributed by atoms with van der Waals surface area (Å²) in [5.41, 5.74) is 2.13. The molecule has 3 atom stereocenters. The van der Waals surface area contributed by atoms with Crippen molar-refractivity contribution in [1.29, 1.82) is 0 Å². The summed E-state index contributed by atoms with van der Waals surface area (Å²) in [5.74, 6) is 1.74. The van der Waals surface area contributed by atoms with Crippen LogP contribution in [0.4, 0.5) is 10.1 Å². The first-order valence-electron chi connectivity index (χ1n) is 7.75. The Morgan fingerprint density at radius 2 is 1.84 bits per heavy atom. The zero-order valence-corrected chi connectivity index (χ0v) is 11.8. The number of fused-ring (bicyclic) bond motifs is 1. The van der Waals surface area contributed by atoms with Crippen LogP contribution in [0.5, 0.6) is 0 Å². The predicted molar refractivity (Wildman–Crippen MR) is 77.8 cm³/mol. The SMILES string of the molecule is Cc1ccc(F)cc1NC1CCC2CCCCC2C1. The van der Waals surface area contributed by atoms with Crippen molar-refractivity contribution in [1.82, 2.24) is 0 Å². The molecule has 1 aromatic carbocycles. The number of benzene rings is 1. The molecule has 0 saturated heterocycles. The van der Waals surface area contributed by atoms with Crippen molar-refractivity contribution in [2.45, 2.75) is 57.9 Å². The molecule has 104 valence electrons. The maximum absolute atomic E-state index is 13.3. The van der Waals surface area contributed by atoms with E-state index in [1.807, 2.05) is 13.0 Å². The molecule has 2 aliphatic carbocycles. The van der Waals surface area contributed by atoms with Gasteiger partial charge >= 0.3 is 0 Å². The first kappa shape index (κ1) is 13.0. The third-order valence-corrected chi connectivity index (χ3v) is 5.10. The van der Waals surface area contributed by atoms with Crippen LogP contribution in [0.15, 0.2) is 18.2 Å². The number of nitrogens with one attached hydrogen (secondary N) is 1. The highest BCUT2D eigenvalue weighted by Crippen LogP contribution is 2.41. The molecule has 2 heteroatoms. The van der Waals surface area contributed by atoms with Gasteiger partial charge in [0.05, 0.1) is 0 Å². The number of hydrogen-bond acceptors (Lipinski definition) is 1. The van der Waals surface area contributed by atoms with Crippen LogP contribution in [-0.2, 0) is 0 Å². The first-order valence-corrected chi connectivity index (χ1v) is 7.75. The zero-order valence-electron chi connectivity index (χ0n) is 11.8. The van der Waals surface area contributed by atoms with E-state index in [1.54, 1.807) is 12.1 Å². The van der Waals surface area contributed by atoms with Crippen molar-refractivity contribution in [2.24, 2.45) is 11.8 Å². The molecule has 0 spiro atoms. The molecule has 3 unspecified atom stereocenters. The summed E-state index contributed by atoms with van der Waals surface area (Å²) in [6, 6.07) is 5.59. The summed E-state index contributed by atoms with van der Waals surface area (Å²) in [6.07, 6.45) is 9.57. The third kappa shape index (κ3) is 2.93. The van der Waals surface area contributed by atoms with Crippen molar-refractivity contribution in [3.8, 4) is 0 Å². The van der Waals surface area contributed by atoms with E-state index < -0.39 is 0 Å². The van der Waals surface area contributed by atoms with Crippen molar-refractivity contribution in [2.75, 3.05) is 5.32 Å². The lowest BCUT2D eigenvalue weighted by Crippen LogP contribution is -2.34. The molecule has 0 radical (unpaired) electrons. The number of halogens is 1. The summed E-state index contributed by atoms with van der Waals surface area (Å²) in [4.78, 5) is 0. The third-order valence-electron chi connectivity index (χ3n) is 5.10. The Morgan fingerprint density at radius 1 is 1.05 bits per heavy atom. The minimum Gasteiger partial charge on any atom is -0.382 e. The van der Waals surface area contributed by atoms with Crippen LogP contribution in [0, 0.1) is 24.6 Å². The molecule has 1 nitrogen and oxygen atoms in total. The Bertz CT molecular complexity index is 443. The molecule has 3 rings (SSSR count). The summed E-state index contributed by atoms with van der Waals surface area (Å²) in [5, 5.41) is 3.58. The maximum atomic E-state index is 13.3. The van der Waals surface area contributed by atoms with Crippen molar-refractivity contribution in [3.63, 3.8) is 0 Å². The molecular weight excluding hydrogens is 237 g/mol. The standard InChI is InChI=1S/C17H24FN/c1-12-6-8-15(18)11-17(12)19-16-9-7-13-4-2-3-5-14(13)10-16/h6,8,11,13-14,16,19H,2-5,7,9-10H2,1H3. The van der Waals surface area contributed by atoms with Crippen LogP contribution >= 0.6 is 0 Å². The fourth-order valence-electron chi connectivity index (χ4n) is 3.97. The second-order valence-corrected chi connectivity index (χ2v) is 6.42. The second-order valence-electron chi connectivity index (χ2n) is 6.42. The molecule has 1 N–H and O–H groups in total. The average Bonchev–Trinajstić information content (AvgIpc) is 2.43. The quantitative estimate of drug-likeness (QED) is 0.798. The monoisotopic (exact) mass is 261 g/mol. The van der Waals surface area contributed by atoms with Crippen LogP contribution in [0.25, 0.3) is 0 Å². The number of rotatable bonds is 2. The number of hydrogen-bond donors (Lipinski definition) is 1. The first-order chi connectivity index (χ1) is 9.22. The van der Waals surface area contributed by atoms with Gasteiger partial charge < -0.3 is 5.32 Å². The van der Waals surface area contributed by atoms with Crippen LogP contribution < -0.4 is 5.32 Å². The normalized spacial score (nSPS) is 30.7. The van der Waals surface area contributed by atoms with Crippen molar-refractivity contribution in [3.05, 3.63) is 29.6 Å². The van der Waals surface area contributed by atoms with Gasteiger partial charge in [-0.2, -0.15) is 0 Å². The molecule has 19 heavy (non-hydrogen) atoms. The van der Waals surface area contributed by atoms with Crippen LogP contribution in [0.2, 0.25) is 0 Å². The molecule has 0 amide bonds. The van der Waals surface area contributed by atoms with E-state index in [2.05, 4.69) is 5.32 Å². The summed E-state index contributed by atoms with van der Waals surface area (Å²) in [6.45, 7) is 2.05. The molecular formula is C17H24FN. The van der Waals surface area contributed by atoms with Crippen LogP contribution in [0.1, 0.15) is 50.5 Å². The van der Waals surface area contributed by atoms with E-state index in [1.165, 1.54) is 44.9 Å². The van der Waals surface area contributed by atoms with E-state index >= 15 is 0 Å². The lowest BCUT2D eigenvalue weighted by atomic mass is 9.69. The van der Waals surface area contributed by atoms with Crippen molar-refractivity contribution >= 4 is 5.69 Å². The molecule has 0 aliphatic heterocycles. The van der Waals surface area contributed by atoms with Crippen LogP contribution in [0.3, 0.4) is 0 Å². The van der Waals surface area contributed by atoms with E-state index in [0.29, 0.717) is 6.04 Å². The Kier molecular flexibility index (Phi) is 3.76. The van der Waals surface area contributed by atoms with Gasteiger partial charge in [-0.15, -0.1) is 0 Å². The van der Waals surface area contributed by atoms with Gasteiger partial charge in [0.25, 0.3) is 0 Å².